The molecule has 1 atom stereocenters. The molecule has 0 bridgehead atoms. The minimum absolute atomic E-state index is 0.0724. The molecule has 1 aliphatic rings. The molecule has 140 valence electrons. The number of carbonyl (C=O) groups excluding carboxylic acids is 3. The summed E-state index contributed by atoms with van der Waals surface area (Å²) in [5.41, 5.74) is -0.983. The van der Waals surface area contributed by atoms with Gasteiger partial charge in [0.25, 0.3) is 5.91 Å². The summed E-state index contributed by atoms with van der Waals surface area (Å²) >= 11 is 0. The number of nitrogens with zero attached hydrogens (tertiary/aromatic N) is 3. The minimum Gasteiger partial charge on any atom is -0.449 e. The van der Waals surface area contributed by atoms with Gasteiger partial charge in [-0.1, -0.05) is 0 Å². The highest BCUT2D eigenvalue weighted by Gasteiger charge is 2.28. The Labute approximate surface area is 148 Å². The predicted molar refractivity (Wildman–Crippen MR) is 86.8 cm³/mol. The molecule has 0 spiro atoms. The van der Waals surface area contributed by atoms with Crippen LogP contribution in [0.1, 0.15) is 24.2 Å². The fourth-order valence-electron chi connectivity index (χ4n) is 2.56. The predicted octanol–water partition coefficient (Wildman–Crippen LogP) is 0.970. The van der Waals surface area contributed by atoms with Crippen molar-refractivity contribution in [1.82, 2.24) is 9.80 Å². The van der Waals surface area contributed by atoms with E-state index >= 15 is 0 Å². The summed E-state index contributed by atoms with van der Waals surface area (Å²) in [7, 11) is 0. The Hall–Kier alpha value is -3.04. The molecule has 2 rings (SSSR count). The molecule has 0 aromatic heterocycles. The van der Waals surface area contributed by atoms with Crippen molar-refractivity contribution in [2.45, 2.75) is 20.0 Å². The number of esters is 1. The van der Waals surface area contributed by atoms with Crippen LogP contribution in [-0.4, -0.2) is 64.8 Å². The molecule has 0 N–H and O–H groups in total. The van der Waals surface area contributed by atoms with E-state index in [1.165, 1.54) is 18.7 Å². The molecule has 26 heavy (non-hydrogen) atoms. The van der Waals surface area contributed by atoms with Crippen LogP contribution in [-0.2, 0) is 14.3 Å². The largest absolute Gasteiger partial charge is 0.449 e. The van der Waals surface area contributed by atoms with E-state index < -0.39 is 34.4 Å². The minimum atomic E-state index is -1.16. The second kappa shape index (κ2) is 7.89. The number of piperazine rings is 1. The topological polar surface area (TPSA) is 110 Å². The summed E-state index contributed by atoms with van der Waals surface area (Å²) in [4.78, 5) is 48.4. The van der Waals surface area contributed by atoms with Gasteiger partial charge in [-0.2, -0.15) is 4.39 Å². The molecule has 1 aromatic carbocycles. The SMILES string of the molecule is CC(=O)N1CCN(C(=O)C(C)OC(=O)c2ccc([N+](=O)[O-])c(F)c2)CC1. The fraction of sp³-hybridized carbons (Fsp3) is 0.438. The van der Waals surface area contributed by atoms with Gasteiger partial charge in [0.15, 0.2) is 6.10 Å². The number of nitro benzene ring substituents is 1. The van der Waals surface area contributed by atoms with Crippen molar-refractivity contribution in [3.8, 4) is 0 Å². The zero-order valence-corrected chi connectivity index (χ0v) is 14.3. The zero-order valence-electron chi connectivity index (χ0n) is 14.3. The van der Waals surface area contributed by atoms with Crippen molar-refractivity contribution in [3.63, 3.8) is 0 Å². The van der Waals surface area contributed by atoms with E-state index in [0.29, 0.717) is 32.2 Å². The van der Waals surface area contributed by atoms with Gasteiger partial charge in [0, 0.05) is 39.2 Å². The summed E-state index contributed by atoms with van der Waals surface area (Å²) in [6.07, 6.45) is -1.11. The first-order valence-corrected chi connectivity index (χ1v) is 7.90. The van der Waals surface area contributed by atoms with E-state index in [1.807, 2.05) is 0 Å². The van der Waals surface area contributed by atoms with Gasteiger partial charge in [-0.3, -0.25) is 19.7 Å². The number of ether oxygens (including phenoxy) is 1. The molecule has 1 aliphatic heterocycles. The average Bonchev–Trinajstić information content (AvgIpc) is 2.60. The van der Waals surface area contributed by atoms with Gasteiger partial charge < -0.3 is 14.5 Å². The van der Waals surface area contributed by atoms with Crippen LogP contribution in [0.3, 0.4) is 0 Å². The highest BCUT2D eigenvalue weighted by atomic mass is 19.1. The number of nitro groups is 1. The number of hydrogen-bond acceptors (Lipinski definition) is 6. The highest BCUT2D eigenvalue weighted by molar-refractivity contribution is 5.92. The maximum absolute atomic E-state index is 13.6. The van der Waals surface area contributed by atoms with E-state index in [0.717, 1.165) is 12.1 Å². The van der Waals surface area contributed by atoms with E-state index in [4.69, 9.17) is 4.74 Å². The van der Waals surface area contributed by atoms with Crippen molar-refractivity contribution in [2.24, 2.45) is 0 Å². The van der Waals surface area contributed by atoms with Crippen molar-refractivity contribution < 1.29 is 28.4 Å². The van der Waals surface area contributed by atoms with Crippen molar-refractivity contribution in [1.29, 1.82) is 0 Å². The Morgan fingerprint density at radius 3 is 2.27 bits per heavy atom. The second-order valence-electron chi connectivity index (χ2n) is 5.80. The number of benzene rings is 1. The molecule has 1 unspecified atom stereocenters. The second-order valence-corrected chi connectivity index (χ2v) is 5.80. The van der Waals surface area contributed by atoms with Crippen molar-refractivity contribution in [3.05, 3.63) is 39.7 Å². The number of rotatable bonds is 4. The van der Waals surface area contributed by atoms with Gasteiger partial charge in [0.1, 0.15) is 0 Å². The zero-order chi connectivity index (χ0) is 19.4. The van der Waals surface area contributed by atoms with Gasteiger partial charge in [-0.15, -0.1) is 0 Å². The van der Waals surface area contributed by atoms with Gasteiger partial charge in [0.05, 0.1) is 10.5 Å². The first kappa shape index (κ1) is 19.3. The summed E-state index contributed by atoms with van der Waals surface area (Å²) < 4.78 is 18.6. The van der Waals surface area contributed by atoms with Crippen LogP contribution in [0.5, 0.6) is 0 Å². The highest BCUT2D eigenvalue weighted by Crippen LogP contribution is 2.19. The lowest BCUT2D eigenvalue weighted by Crippen LogP contribution is -2.52. The Kier molecular flexibility index (Phi) is 5.86. The lowest BCUT2D eigenvalue weighted by atomic mass is 10.2. The lowest BCUT2D eigenvalue weighted by Gasteiger charge is -2.35. The van der Waals surface area contributed by atoms with E-state index in [2.05, 4.69) is 0 Å². The molecular formula is C16H18FN3O6. The van der Waals surface area contributed by atoms with E-state index in [-0.39, 0.29) is 11.5 Å². The Morgan fingerprint density at radius 2 is 1.77 bits per heavy atom. The molecule has 0 radical (unpaired) electrons. The normalized spacial score (nSPS) is 15.3. The third kappa shape index (κ3) is 4.32. The van der Waals surface area contributed by atoms with Crippen LogP contribution in [0, 0.1) is 15.9 Å². The molecule has 9 nitrogen and oxygen atoms in total. The smallest absolute Gasteiger partial charge is 0.339 e. The molecule has 0 saturated carbocycles. The average molecular weight is 367 g/mol. The van der Waals surface area contributed by atoms with Crippen LogP contribution < -0.4 is 0 Å². The lowest BCUT2D eigenvalue weighted by molar-refractivity contribution is -0.387. The van der Waals surface area contributed by atoms with Crippen LogP contribution in [0.15, 0.2) is 18.2 Å². The van der Waals surface area contributed by atoms with Gasteiger partial charge in [-0.05, 0) is 19.1 Å². The van der Waals surface area contributed by atoms with Crippen molar-refractivity contribution >= 4 is 23.5 Å². The summed E-state index contributed by atoms with van der Waals surface area (Å²) in [5, 5.41) is 10.6. The molecule has 10 heteroatoms. The quantitative estimate of drug-likeness (QED) is 0.445. The number of hydrogen-bond donors (Lipinski definition) is 0. The third-order valence-electron chi connectivity index (χ3n) is 4.05. The summed E-state index contributed by atoms with van der Waals surface area (Å²) in [5.74, 6) is -2.62. The van der Waals surface area contributed by atoms with Crippen molar-refractivity contribution in [2.75, 3.05) is 26.2 Å². The standard InChI is InChI=1S/C16H18FN3O6/c1-10(15(22)19-7-5-18(6-8-19)11(2)21)26-16(23)12-3-4-14(20(24)25)13(17)9-12/h3-4,9-10H,5-8H2,1-2H3. The van der Waals surface area contributed by atoms with Crippen LogP contribution in [0.4, 0.5) is 10.1 Å². The first-order chi connectivity index (χ1) is 12.2. The maximum Gasteiger partial charge on any atom is 0.339 e. The Morgan fingerprint density at radius 1 is 1.19 bits per heavy atom. The summed E-state index contributed by atoms with van der Waals surface area (Å²) in [6, 6.07) is 2.62. The number of carbonyl (C=O) groups is 3. The van der Waals surface area contributed by atoms with Crippen LogP contribution in [0.2, 0.25) is 0 Å². The third-order valence-corrected chi connectivity index (χ3v) is 4.05. The molecule has 1 heterocycles. The van der Waals surface area contributed by atoms with Crippen LogP contribution in [0.25, 0.3) is 0 Å². The Bertz CT molecular complexity index is 746. The van der Waals surface area contributed by atoms with Gasteiger partial charge in [-0.25, -0.2) is 4.79 Å². The first-order valence-electron chi connectivity index (χ1n) is 7.90. The number of amides is 2. The number of halogens is 1. The van der Waals surface area contributed by atoms with Gasteiger partial charge >= 0.3 is 11.7 Å². The molecule has 2 amide bonds. The molecule has 1 fully saturated rings. The molecule has 1 saturated heterocycles. The summed E-state index contributed by atoms with van der Waals surface area (Å²) in [6.45, 7) is 4.29. The Balaban J connectivity index is 1.96. The molecular weight excluding hydrogens is 349 g/mol. The monoisotopic (exact) mass is 367 g/mol. The van der Waals surface area contributed by atoms with E-state index in [9.17, 15) is 28.9 Å². The van der Waals surface area contributed by atoms with Gasteiger partial charge in [0.2, 0.25) is 11.7 Å². The van der Waals surface area contributed by atoms with Crippen LogP contribution >= 0.6 is 0 Å². The molecule has 0 aliphatic carbocycles. The molecule has 1 aromatic rings. The maximum atomic E-state index is 13.6. The van der Waals surface area contributed by atoms with E-state index in [1.54, 1.807) is 4.90 Å². The fourth-order valence-corrected chi connectivity index (χ4v) is 2.56.